The summed E-state index contributed by atoms with van der Waals surface area (Å²) in [5.74, 6) is 0.674. The first-order chi connectivity index (χ1) is 18.6. The van der Waals surface area contributed by atoms with Gasteiger partial charge in [0.1, 0.15) is 11.9 Å². The van der Waals surface area contributed by atoms with Crippen molar-refractivity contribution in [1.82, 2.24) is 9.80 Å². The third-order valence-corrected chi connectivity index (χ3v) is 10.1. The summed E-state index contributed by atoms with van der Waals surface area (Å²) < 4.78 is 12.3. The number of amides is 1. The number of nitrogens with zero attached hydrogens (tertiary/aromatic N) is 2. The summed E-state index contributed by atoms with van der Waals surface area (Å²) >= 11 is 12.3. The fraction of sp³-hybridized carbons (Fsp3) is 0.467. The average molecular weight is 572 g/mol. The Morgan fingerprint density at radius 1 is 1.28 bits per heavy atom. The van der Waals surface area contributed by atoms with Crippen LogP contribution in [0.3, 0.4) is 0 Å². The fourth-order valence-corrected chi connectivity index (χ4v) is 8.14. The van der Waals surface area contributed by atoms with Gasteiger partial charge in [-0.15, -0.1) is 6.58 Å². The molecule has 39 heavy (non-hydrogen) atoms. The Labute approximate surface area is 238 Å². The topological polar surface area (TPSA) is 79.3 Å². The monoisotopic (exact) mass is 570 g/mol. The van der Waals surface area contributed by atoms with Gasteiger partial charge >= 0.3 is 5.97 Å². The van der Waals surface area contributed by atoms with Crippen molar-refractivity contribution in [3.05, 3.63) is 63.7 Å². The van der Waals surface area contributed by atoms with Gasteiger partial charge in [-0.05, 0) is 55.8 Å². The first kappa shape index (κ1) is 26.5. The molecule has 6 rings (SSSR count). The van der Waals surface area contributed by atoms with Crippen molar-refractivity contribution in [2.75, 3.05) is 20.1 Å². The summed E-state index contributed by atoms with van der Waals surface area (Å²) in [6.07, 6.45) is 5.05. The number of likely N-dealkylation sites (N-methyl/N-ethyl adjacent to an activating group) is 1. The Balaban J connectivity index is 1.40. The molecule has 2 aliphatic carbocycles. The maximum Gasteiger partial charge on any atom is 0.308 e. The molecular formula is C30H32Cl2N2O5. The number of rotatable bonds is 6. The van der Waals surface area contributed by atoms with Crippen LogP contribution in [0, 0.1) is 5.92 Å². The standard InChI is InChI=1S/C30H32Cl2N2O5/c1-4-10-34-11-9-30-19-6-8-22(33(3)26(37)13-17-5-7-20(31)21(32)12-17)29(30)39-28-24(36)15-25(38-16(2)35)18(27(28)30)14-23(19)34/h4-5,7,12,15,19,22-23,29,36H,1,6,8-11,13-14H2,2-3H3/t19-,22+,23+,29-,30-/m0/s1. The van der Waals surface area contributed by atoms with Crippen molar-refractivity contribution in [3.8, 4) is 17.2 Å². The van der Waals surface area contributed by atoms with Crippen LogP contribution in [0.1, 0.15) is 42.9 Å². The second kappa shape index (κ2) is 9.72. The zero-order chi connectivity index (χ0) is 27.6. The minimum absolute atomic E-state index is 0.0250. The normalized spacial score (nSPS) is 28.3. The molecule has 1 saturated heterocycles. The highest BCUT2D eigenvalue weighted by atomic mass is 35.5. The van der Waals surface area contributed by atoms with Crippen molar-refractivity contribution in [2.45, 2.75) is 62.6 Å². The van der Waals surface area contributed by atoms with Crippen LogP contribution in [0.2, 0.25) is 10.0 Å². The van der Waals surface area contributed by atoms with Crippen LogP contribution in [-0.4, -0.2) is 65.1 Å². The Hall–Kier alpha value is -2.74. The van der Waals surface area contributed by atoms with E-state index in [1.54, 1.807) is 12.1 Å². The molecule has 2 aliphatic heterocycles. The van der Waals surface area contributed by atoms with Gasteiger partial charge in [0, 0.05) is 49.2 Å². The molecule has 0 radical (unpaired) electrons. The van der Waals surface area contributed by atoms with Crippen LogP contribution in [-0.2, 0) is 27.8 Å². The van der Waals surface area contributed by atoms with Crippen molar-refractivity contribution >= 4 is 35.1 Å². The highest BCUT2D eigenvalue weighted by Gasteiger charge is 2.67. The number of hydrogen-bond acceptors (Lipinski definition) is 6. The Bertz CT molecular complexity index is 1380. The summed E-state index contributed by atoms with van der Waals surface area (Å²) in [6.45, 7) is 6.98. The van der Waals surface area contributed by atoms with Gasteiger partial charge in [-0.3, -0.25) is 14.5 Å². The van der Waals surface area contributed by atoms with Gasteiger partial charge in [0.25, 0.3) is 0 Å². The molecule has 9 heteroatoms. The third kappa shape index (κ3) is 4.04. The number of esters is 1. The van der Waals surface area contributed by atoms with Crippen molar-refractivity contribution in [2.24, 2.45) is 5.92 Å². The second-order valence-corrected chi connectivity index (χ2v) is 12.0. The minimum Gasteiger partial charge on any atom is -0.504 e. The lowest BCUT2D eigenvalue weighted by atomic mass is 9.50. The average Bonchev–Trinajstić information content (AvgIpc) is 3.23. The molecule has 2 fully saturated rings. The zero-order valence-electron chi connectivity index (χ0n) is 22.1. The lowest BCUT2D eigenvalue weighted by molar-refractivity contribution is -0.139. The van der Waals surface area contributed by atoms with E-state index in [4.69, 9.17) is 32.7 Å². The smallest absolute Gasteiger partial charge is 0.308 e. The molecule has 0 aromatic heterocycles. The van der Waals surface area contributed by atoms with Crippen LogP contribution in [0.4, 0.5) is 0 Å². The summed E-state index contributed by atoms with van der Waals surface area (Å²) in [7, 11) is 1.84. The molecule has 2 heterocycles. The van der Waals surface area contributed by atoms with Gasteiger partial charge in [0.15, 0.2) is 11.5 Å². The number of halogens is 2. The SMILES string of the molecule is C=CCN1CC[C@]23c4c5c(OC(C)=O)cc(O)c4O[C@H]2[C@H](N(C)C(=O)Cc2ccc(Cl)c(Cl)c2)CC[C@H]3[C@H]1C5. The number of phenolic OH excluding ortho intramolecular Hbond substituents is 1. The Kier molecular flexibility index (Phi) is 6.60. The second-order valence-electron chi connectivity index (χ2n) is 11.2. The summed E-state index contributed by atoms with van der Waals surface area (Å²) in [5.41, 5.74) is 2.31. The minimum atomic E-state index is -0.428. The lowest BCUT2D eigenvalue weighted by Gasteiger charge is -2.60. The molecule has 7 nitrogen and oxygen atoms in total. The van der Waals surface area contributed by atoms with Crippen molar-refractivity contribution in [3.63, 3.8) is 0 Å². The van der Waals surface area contributed by atoms with Crippen LogP contribution in [0.15, 0.2) is 36.9 Å². The molecule has 5 atom stereocenters. The molecule has 1 saturated carbocycles. The molecular weight excluding hydrogens is 539 g/mol. The predicted molar refractivity (Wildman–Crippen MR) is 149 cm³/mol. The number of ether oxygens (including phenoxy) is 2. The number of hydrogen-bond donors (Lipinski definition) is 1. The van der Waals surface area contributed by atoms with E-state index in [1.165, 1.54) is 13.0 Å². The molecule has 1 spiro atoms. The van der Waals surface area contributed by atoms with E-state index in [1.807, 2.05) is 24.1 Å². The van der Waals surface area contributed by atoms with Gasteiger partial charge in [-0.2, -0.15) is 0 Å². The number of piperidine rings is 1. The summed E-state index contributed by atoms with van der Waals surface area (Å²) in [6, 6.07) is 6.80. The van der Waals surface area contributed by atoms with Crippen LogP contribution in [0.25, 0.3) is 0 Å². The number of likely N-dealkylation sites (tertiary alicyclic amines) is 1. The first-order valence-electron chi connectivity index (χ1n) is 13.4. The summed E-state index contributed by atoms with van der Waals surface area (Å²) in [5, 5.41) is 11.9. The van der Waals surface area contributed by atoms with E-state index in [-0.39, 0.29) is 47.6 Å². The highest BCUT2D eigenvalue weighted by molar-refractivity contribution is 6.42. The molecule has 1 amide bonds. The molecule has 0 unspecified atom stereocenters. The van der Waals surface area contributed by atoms with Crippen molar-refractivity contribution in [1.29, 1.82) is 0 Å². The maximum absolute atomic E-state index is 13.6. The van der Waals surface area contributed by atoms with E-state index < -0.39 is 5.97 Å². The predicted octanol–water partition coefficient (Wildman–Crippen LogP) is 4.92. The highest BCUT2D eigenvalue weighted by Crippen LogP contribution is 2.65. The van der Waals surface area contributed by atoms with E-state index in [9.17, 15) is 14.7 Å². The van der Waals surface area contributed by atoms with Crippen LogP contribution in [0.5, 0.6) is 17.2 Å². The van der Waals surface area contributed by atoms with Gasteiger partial charge in [0.2, 0.25) is 5.91 Å². The number of aromatic hydroxyl groups is 1. The number of carbonyl (C=O) groups is 2. The molecule has 1 N–H and O–H groups in total. The lowest BCUT2D eigenvalue weighted by Crippen LogP contribution is -2.69. The van der Waals surface area contributed by atoms with Gasteiger partial charge in [-0.25, -0.2) is 0 Å². The molecule has 206 valence electrons. The molecule has 2 bridgehead atoms. The van der Waals surface area contributed by atoms with Gasteiger partial charge < -0.3 is 19.5 Å². The quantitative estimate of drug-likeness (QED) is 0.302. The van der Waals surface area contributed by atoms with Gasteiger partial charge in [-0.1, -0.05) is 35.3 Å². The van der Waals surface area contributed by atoms with Crippen molar-refractivity contribution < 1.29 is 24.2 Å². The third-order valence-electron chi connectivity index (χ3n) is 9.34. The zero-order valence-corrected chi connectivity index (χ0v) is 23.6. The number of phenols is 1. The van der Waals surface area contributed by atoms with E-state index in [2.05, 4.69) is 11.5 Å². The Morgan fingerprint density at radius 3 is 2.79 bits per heavy atom. The van der Waals surface area contributed by atoms with Crippen LogP contribution < -0.4 is 9.47 Å². The van der Waals surface area contributed by atoms with E-state index >= 15 is 0 Å². The first-order valence-corrected chi connectivity index (χ1v) is 14.2. The fourth-order valence-electron chi connectivity index (χ4n) is 7.82. The molecule has 4 aliphatic rings. The Morgan fingerprint density at radius 2 is 2.08 bits per heavy atom. The number of carbonyl (C=O) groups excluding carboxylic acids is 2. The van der Waals surface area contributed by atoms with Gasteiger partial charge in [0.05, 0.1) is 22.5 Å². The summed E-state index contributed by atoms with van der Waals surface area (Å²) in [4.78, 5) is 29.8. The van der Waals surface area contributed by atoms with E-state index in [0.717, 1.165) is 49.0 Å². The maximum atomic E-state index is 13.6. The number of benzene rings is 2. The largest absolute Gasteiger partial charge is 0.504 e. The molecule has 2 aromatic carbocycles. The van der Waals surface area contributed by atoms with E-state index in [0.29, 0.717) is 28.0 Å². The molecule has 2 aromatic rings. The van der Waals surface area contributed by atoms with Crippen LogP contribution >= 0.6 is 23.2 Å².